The van der Waals surface area contributed by atoms with Crippen LogP contribution in [0, 0.1) is 0 Å². The molecule has 2 heterocycles. The lowest BCUT2D eigenvalue weighted by Gasteiger charge is -2.23. The molecule has 0 saturated carbocycles. The van der Waals surface area contributed by atoms with E-state index in [0.29, 0.717) is 24.2 Å². The summed E-state index contributed by atoms with van der Waals surface area (Å²) in [6.07, 6.45) is 5.08. The summed E-state index contributed by atoms with van der Waals surface area (Å²) in [6, 6.07) is 15.5. The van der Waals surface area contributed by atoms with Gasteiger partial charge in [-0.2, -0.15) is 0 Å². The van der Waals surface area contributed by atoms with Crippen LogP contribution in [0.5, 0.6) is 0 Å². The van der Waals surface area contributed by atoms with Gasteiger partial charge in [-0.1, -0.05) is 37.3 Å². The number of hydrogen-bond donors (Lipinski definition) is 2. The largest absolute Gasteiger partial charge is 0.376 e. The summed E-state index contributed by atoms with van der Waals surface area (Å²) in [6.45, 7) is 5.19. The predicted molar refractivity (Wildman–Crippen MR) is 127 cm³/mol. The zero-order chi connectivity index (χ0) is 22.3. The summed E-state index contributed by atoms with van der Waals surface area (Å²) >= 11 is 0. The number of anilines is 2. The highest BCUT2D eigenvalue weighted by atomic mass is 16.5. The number of hydrogen-bond acceptors (Lipinski definition) is 4. The third kappa shape index (κ3) is 5.30. The topological polar surface area (TPSA) is 70.7 Å². The second-order valence-corrected chi connectivity index (χ2v) is 8.63. The second-order valence-electron chi connectivity index (χ2n) is 8.63. The Morgan fingerprint density at radius 3 is 2.56 bits per heavy atom. The van der Waals surface area contributed by atoms with Crippen LogP contribution < -0.4 is 15.5 Å². The lowest BCUT2D eigenvalue weighted by molar-refractivity contribution is -0.117. The molecule has 0 spiro atoms. The highest BCUT2D eigenvalue weighted by Crippen LogP contribution is 2.29. The zero-order valence-electron chi connectivity index (χ0n) is 18.8. The van der Waals surface area contributed by atoms with Crippen molar-refractivity contribution >= 4 is 23.2 Å². The van der Waals surface area contributed by atoms with Gasteiger partial charge < -0.3 is 20.3 Å². The van der Waals surface area contributed by atoms with Gasteiger partial charge in [0.15, 0.2) is 0 Å². The van der Waals surface area contributed by atoms with Crippen molar-refractivity contribution in [3.63, 3.8) is 0 Å². The molecule has 2 fully saturated rings. The highest BCUT2D eigenvalue weighted by Gasteiger charge is 2.23. The van der Waals surface area contributed by atoms with Crippen LogP contribution in [0.25, 0.3) is 0 Å². The minimum Gasteiger partial charge on any atom is -0.376 e. The first-order valence-electron chi connectivity index (χ1n) is 11.8. The average molecular weight is 436 g/mol. The number of nitrogens with zero attached hydrogens (tertiary/aromatic N) is 1. The van der Waals surface area contributed by atoms with Crippen LogP contribution in [0.1, 0.15) is 60.9 Å². The van der Waals surface area contributed by atoms with Crippen LogP contribution in [0.4, 0.5) is 11.4 Å². The summed E-state index contributed by atoms with van der Waals surface area (Å²) in [5.41, 5.74) is 3.18. The number of amides is 2. The van der Waals surface area contributed by atoms with Gasteiger partial charge in [0.2, 0.25) is 5.91 Å². The van der Waals surface area contributed by atoms with Crippen LogP contribution in [-0.2, 0) is 9.53 Å². The highest BCUT2D eigenvalue weighted by molar-refractivity contribution is 6.03. The molecule has 2 aromatic carbocycles. The predicted octanol–water partition coefficient (Wildman–Crippen LogP) is 4.33. The molecule has 2 aliphatic rings. The molecule has 0 radical (unpaired) electrons. The van der Waals surface area contributed by atoms with Crippen molar-refractivity contribution in [2.24, 2.45) is 0 Å². The lowest BCUT2D eigenvalue weighted by atomic mass is 9.95. The van der Waals surface area contributed by atoms with Gasteiger partial charge in [0.1, 0.15) is 0 Å². The number of ether oxygens (including phenoxy) is 1. The number of benzene rings is 2. The van der Waals surface area contributed by atoms with Gasteiger partial charge in [0.25, 0.3) is 5.91 Å². The van der Waals surface area contributed by atoms with Crippen LogP contribution >= 0.6 is 0 Å². The molecular weight excluding hydrogens is 402 g/mol. The normalized spacial score (nSPS) is 19.0. The van der Waals surface area contributed by atoms with Gasteiger partial charge in [-0.25, -0.2) is 0 Å². The third-order valence-electron chi connectivity index (χ3n) is 6.40. The molecule has 0 bridgehead atoms. The van der Waals surface area contributed by atoms with E-state index in [2.05, 4.69) is 15.5 Å². The van der Waals surface area contributed by atoms with Gasteiger partial charge in [-0.05, 0) is 55.9 Å². The fourth-order valence-electron chi connectivity index (χ4n) is 4.62. The van der Waals surface area contributed by atoms with Crippen molar-refractivity contribution in [2.75, 3.05) is 36.5 Å². The molecule has 6 heteroatoms. The van der Waals surface area contributed by atoms with E-state index in [4.69, 9.17) is 4.74 Å². The van der Waals surface area contributed by atoms with Crippen LogP contribution in [0.2, 0.25) is 0 Å². The number of nitrogens with one attached hydrogen (secondary N) is 2. The summed E-state index contributed by atoms with van der Waals surface area (Å²) in [5.74, 6) is -0.404. The smallest absolute Gasteiger partial charge is 0.253 e. The maximum Gasteiger partial charge on any atom is 0.253 e. The molecule has 170 valence electrons. The van der Waals surface area contributed by atoms with E-state index in [1.807, 2.05) is 55.5 Å². The molecule has 0 aliphatic carbocycles. The Morgan fingerprint density at radius 1 is 1.09 bits per heavy atom. The minimum atomic E-state index is -0.230. The van der Waals surface area contributed by atoms with E-state index in [9.17, 15) is 9.59 Å². The molecule has 2 amide bonds. The molecule has 2 unspecified atom stereocenters. The molecule has 2 N–H and O–H groups in total. The van der Waals surface area contributed by atoms with Crippen molar-refractivity contribution in [3.05, 3.63) is 59.7 Å². The van der Waals surface area contributed by atoms with Gasteiger partial charge in [0.05, 0.1) is 17.6 Å². The molecule has 6 nitrogen and oxygen atoms in total. The van der Waals surface area contributed by atoms with Gasteiger partial charge in [-0.15, -0.1) is 0 Å². The van der Waals surface area contributed by atoms with Gasteiger partial charge in [0, 0.05) is 37.6 Å². The molecule has 0 aromatic heterocycles. The lowest BCUT2D eigenvalue weighted by Crippen LogP contribution is -2.33. The number of rotatable bonds is 8. The molecule has 4 rings (SSSR count). The Kier molecular flexibility index (Phi) is 7.43. The van der Waals surface area contributed by atoms with E-state index in [1.165, 1.54) is 0 Å². The van der Waals surface area contributed by atoms with E-state index in [1.54, 1.807) is 0 Å². The molecular formula is C26H33N3O3. The number of carbonyl (C=O) groups excluding carboxylic acids is 2. The second kappa shape index (κ2) is 10.6. The van der Waals surface area contributed by atoms with E-state index >= 15 is 0 Å². The third-order valence-corrected chi connectivity index (χ3v) is 6.40. The quantitative estimate of drug-likeness (QED) is 0.648. The van der Waals surface area contributed by atoms with Crippen molar-refractivity contribution in [3.8, 4) is 0 Å². The first-order chi connectivity index (χ1) is 15.7. The Balaban J connectivity index is 1.52. The van der Waals surface area contributed by atoms with Gasteiger partial charge in [-0.3, -0.25) is 9.59 Å². The Morgan fingerprint density at radius 2 is 1.88 bits per heavy atom. The van der Waals surface area contributed by atoms with Crippen molar-refractivity contribution in [1.82, 2.24) is 5.32 Å². The first kappa shape index (κ1) is 22.3. The maximum absolute atomic E-state index is 13.1. The molecule has 2 atom stereocenters. The Hall–Kier alpha value is -2.86. The Bertz CT molecular complexity index is 919. The molecule has 2 saturated heterocycles. The molecule has 2 aromatic rings. The molecule has 32 heavy (non-hydrogen) atoms. The maximum atomic E-state index is 13.1. The zero-order valence-corrected chi connectivity index (χ0v) is 18.8. The molecule has 2 aliphatic heterocycles. The van der Waals surface area contributed by atoms with Crippen LogP contribution in [0.3, 0.4) is 0 Å². The summed E-state index contributed by atoms with van der Waals surface area (Å²) in [7, 11) is 0. The average Bonchev–Trinajstić information content (AvgIpc) is 3.53. The summed E-state index contributed by atoms with van der Waals surface area (Å²) in [4.78, 5) is 28.4. The fourth-order valence-corrected chi connectivity index (χ4v) is 4.62. The summed E-state index contributed by atoms with van der Waals surface area (Å²) < 4.78 is 5.64. The Labute approximate surface area is 190 Å². The summed E-state index contributed by atoms with van der Waals surface area (Å²) in [5, 5.41) is 6.08. The van der Waals surface area contributed by atoms with Gasteiger partial charge >= 0.3 is 0 Å². The van der Waals surface area contributed by atoms with Crippen LogP contribution in [0.15, 0.2) is 48.5 Å². The van der Waals surface area contributed by atoms with E-state index in [0.717, 1.165) is 56.6 Å². The SMILES string of the molecule is CCC(C(=O)Nc1ccc(N2CCCC2)c(C(=O)NCC2CCCO2)c1)c1ccccc1. The number of carbonyl (C=O) groups is 2. The minimum absolute atomic E-state index is 0.0571. The van der Waals surface area contributed by atoms with E-state index < -0.39 is 0 Å². The van der Waals surface area contributed by atoms with Crippen molar-refractivity contribution < 1.29 is 14.3 Å². The van der Waals surface area contributed by atoms with Crippen molar-refractivity contribution in [2.45, 2.75) is 51.0 Å². The monoisotopic (exact) mass is 435 g/mol. The van der Waals surface area contributed by atoms with Crippen LogP contribution in [-0.4, -0.2) is 44.2 Å². The first-order valence-corrected chi connectivity index (χ1v) is 11.8. The van der Waals surface area contributed by atoms with E-state index in [-0.39, 0.29) is 23.8 Å². The van der Waals surface area contributed by atoms with Crippen molar-refractivity contribution in [1.29, 1.82) is 0 Å². The standard InChI is InChI=1S/C26H33N3O3/c1-2-22(19-9-4-3-5-10-19)26(31)28-20-12-13-24(29-14-6-7-15-29)23(17-20)25(30)27-18-21-11-8-16-32-21/h3-5,9-10,12-13,17,21-22H,2,6-8,11,14-16,18H2,1H3,(H,27,30)(H,28,31). The fraction of sp³-hybridized carbons (Fsp3) is 0.462.